The predicted octanol–water partition coefficient (Wildman–Crippen LogP) is 2.31. The van der Waals surface area contributed by atoms with Crippen molar-refractivity contribution in [3.05, 3.63) is 29.8 Å². The highest BCUT2D eigenvalue weighted by Crippen LogP contribution is 2.19. The lowest BCUT2D eigenvalue weighted by molar-refractivity contribution is 0.270. The molecule has 0 aliphatic rings. The van der Waals surface area contributed by atoms with Crippen molar-refractivity contribution in [2.45, 2.75) is 25.8 Å². The maximum absolute atomic E-state index is 12.0. The van der Waals surface area contributed by atoms with Crippen LogP contribution in [0.2, 0.25) is 0 Å². The Morgan fingerprint density at radius 1 is 1.40 bits per heavy atom. The van der Waals surface area contributed by atoms with Crippen molar-refractivity contribution in [3.8, 4) is 5.75 Å². The minimum Gasteiger partial charge on any atom is -0.491 e. The second-order valence-electron chi connectivity index (χ2n) is 3.52. The van der Waals surface area contributed by atoms with Crippen LogP contribution in [0.25, 0.3) is 0 Å². The molecule has 1 unspecified atom stereocenters. The molecule has 0 aliphatic heterocycles. The van der Waals surface area contributed by atoms with Gasteiger partial charge in [0.15, 0.2) is 0 Å². The Hall–Kier alpha value is -1.09. The first-order chi connectivity index (χ1) is 7.27. The lowest BCUT2D eigenvalue weighted by atomic mass is 10.0. The van der Waals surface area contributed by atoms with E-state index in [1.807, 2.05) is 24.3 Å². The van der Waals surface area contributed by atoms with Gasteiger partial charge in [0, 0.05) is 6.04 Å². The quantitative estimate of drug-likeness (QED) is 0.783. The van der Waals surface area contributed by atoms with Crippen molar-refractivity contribution in [3.63, 3.8) is 0 Å². The third-order valence-electron chi connectivity index (χ3n) is 2.31. The summed E-state index contributed by atoms with van der Waals surface area (Å²) in [6.07, 6.45) is 1.70. The molecule has 1 atom stereocenters. The zero-order valence-corrected chi connectivity index (χ0v) is 9.08. The summed E-state index contributed by atoms with van der Waals surface area (Å²) in [6, 6.07) is 7.80. The normalized spacial score (nSPS) is 12.5. The fourth-order valence-electron chi connectivity index (χ4n) is 1.39. The Bertz CT molecular complexity index is 291. The molecule has 0 radical (unpaired) electrons. The van der Waals surface area contributed by atoms with Crippen LogP contribution in [0.5, 0.6) is 5.75 Å². The van der Waals surface area contributed by atoms with Crippen molar-refractivity contribution in [1.82, 2.24) is 0 Å². The van der Waals surface area contributed by atoms with E-state index in [4.69, 9.17) is 10.5 Å². The van der Waals surface area contributed by atoms with Crippen LogP contribution in [-0.2, 0) is 6.42 Å². The van der Waals surface area contributed by atoms with Crippen LogP contribution in [0.1, 0.15) is 18.9 Å². The van der Waals surface area contributed by atoms with Gasteiger partial charge in [-0.15, -0.1) is 0 Å². The van der Waals surface area contributed by atoms with E-state index in [1.165, 1.54) is 0 Å². The number of ether oxygens (including phenoxy) is 1. The van der Waals surface area contributed by atoms with E-state index in [2.05, 4.69) is 6.92 Å². The number of alkyl halides is 1. The van der Waals surface area contributed by atoms with Gasteiger partial charge in [-0.05, 0) is 24.5 Å². The summed E-state index contributed by atoms with van der Waals surface area (Å²) < 4.78 is 17.3. The number of hydrogen-bond donors (Lipinski definition) is 1. The topological polar surface area (TPSA) is 35.2 Å². The largest absolute Gasteiger partial charge is 0.491 e. The molecule has 15 heavy (non-hydrogen) atoms. The van der Waals surface area contributed by atoms with Gasteiger partial charge < -0.3 is 10.5 Å². The Balaban J connectivity index is 2.67. The van der Waals surface area contributed by atoms with Crippen molar-refractivity contribution in [2.75, 3.05) is 13.3 Å². The minimum absolute atomic E-state index is 0.110. The molecule has 1 aromatic rings. The van der Waals surface area contributed by atoms with Crippen molar-refractivity contribution >= 4 is 0 Å². The Morgan fingerprint density at radius 2 is 2.13 bits per heavy atom. The number of hydrogen-bond acceptors (Lipinski definition) is 2. The molecule has 1 aromatic carbocycles. The lowest BCUT2D eigenvalue weighted by Gasteiger charge is -2.13. The highest BCUT2D eigenvalue weighted by Gasteiger charge is 2.06. The van der Waals surface area contributed by atoms with Crippen molar-refractivity contribution in [2.24, 2.45) is 5.73 Å². The lowest BCUT2D eigenvalue weighted by Crippen LogP contribution is -2.21. The average molecular weight is 211 g/mol. The number of rotatable bonds is 6. The van der Waals surface area contributed by atoms with Gasteiger partial charge in [0.2, 0.25) is 0 Å². The van der Waals surface area contributed by atoms with Gasteiger partial charge in [0.25, 0.3) is 0 Å². The Kier molecular flexibility index (Phi) is 5.12. The van der Waals surface area contributed by atoms with Crippen LogP contribution >= 0.6 is 0 Å². The maximum Gasteiger partial charge on any atom is 0.123 e. The molecular formula is C12H18FNO. The molecular weight excluding hydrogens is 193 g/mol. The second-order valence-corrected chi connectivity index (χ2v) is 3.52. The molecule has 0 aliphatic carbocycles. The van der Waals surface area contributed by atoms with Gasteiger partial charge >= 0.3 is 0 Å². The summed E-state index contributed by atoms with van der Waals surface area (Å²) >= 11 is 0. The molecule has 0 aromatic heterocycles. The molecule has 0 heterocycles. The van der Waals surface area contributed by atoms with E-state index in [-0.39, 0.29) is 12.6 Å². The van der Waals surface area contributed by atoms with Gasteiger partial charge in [-0.2, -0.15) is 0 Å². The summed E-state index contributed by atoms with van der Waals surface area (Å²) in [5.41, 5.74) is 6.93. The van der Waals surface area contributed by atoms with Crippen LogP contribution in [-0.4, -0.2) is 19.3 Å². The standard InChI is InChI=1S/C12H18FNO/c1-2-11(14)9-10-5-3-4-6-12(10)15-8-7-13/h3-6,11H,2,7-9,14H2,1H3. The molecule has 0 bridgehead atoms. The van der Waals surface area contributed by atoms with E-state index in [9.17, 15) is 4.39 Å². The highest BCUT2D eigenvalue weighted by molar-refractivity contribution is 5.33. The van der Waals surface area contributed by atoms with Crippen molar-refractivity contribution < 1.29 is 9.13 Å². The summed E-state index contributed by atoms with van der Waals surface area (Å²) in [5.74, 6) is 0.749. The van der Waals surface area contributed by atoms with E-state index in [0.29, 0.717) is 0 Å². The SMILES string of the molecule is CCC(N)Cc1ccccc1OCCF. The second kappa shape index (κ2) is 6.40. The first kappa shape index (κ1) is 12.0. The van der Waals surface area contributed by atoms with Gasteiger partial charge in [0.1, 0.15) is 19.0 Å². The zero-order valence-electron chi connectivity index (χ0n) is 9.08. The number of para-hydroxylation sites is 1. The van der Waals surface area contributed by atoms with Gasteiger partial charge in [0.05, 0.1) is 0 Å². The Labute approximate surface area is 90.2 Å². The summed E-state index contributed by atoms with van der Waals surface area (Å²) in [7, 11) is 0. The molecule has 0 saturated carbocycles. The van der Waals surface area contributed by atoms with Crippen LogP contribution in [0.15, 0.2) is 24.3 Å². The third kappa shape index (κ3) is 3.88. The van der Waals surface area contributed by atoms with Crippen LogP contribution in [0.3, 0.4) is 0 Å². The molecule has 2 N–H and O–H groups in total. The molecule has 0 spiro atoms. The van der Waals surface area contributed by atoms with Gasteiger partial charge in [-0.3, -0.25) is 0 Å². The summed E-state index contributed by atoms with van der Waals surface area (Å²) in [6.45, 7) is 1.70. The molecule has 2 nitrogen and oxygen atoms in total. The number of benzene rings is 1. The monoisotopic (exact) mass is 211 g/mol. The fraction of sp³-hybridized carbons (Fsp3) is 0.500. The minimum atomic E-state index is -0.464. The van der Waals surface area contributed by atoms with Crippen LogP contribution in [0.4, 0.5) is 4.39 Å². The zero-order chi connectivity index (χ0) is 11.1. The Morgan fingerprint density at radius 3 is 2.80 bits per heavy atom. The number of halogens is 1. The molecule has 0 saturated heterocycles. The first-order valence-electron chi connectivity index (χ1n) is 5.30. The van der Waals surface area contributed by atoms with Crippen molar-refractivity contribution in [1.29, 1.82) is 0 Å². The van der Waals surface area contributed by atoms with Crippen LogP contribution < -0.4 is 10.5 Å². The summed E-state index contributed by atoms with van der Waals surface area (Å²) in [5, 5.41) is 0. The molecule has 0 fully saturated rings. The third-order valence-corrected chi connectivity index (χ3v) is 2.31. The predicted molar refractivity (Wildman–Crippen MR) is 59.9 cm³/mol. The van der Waals surface area contributed by atoms with E-state index in [0.717, 1.165) is 24.2 Å². The maximum atomic E-state index is 12.0. The van der Waals surface area contributed by atoms with Gasteiger partial charge in [-0.1, -0.05) is 25.1 Å². The fourth-order valence-corrected chi connectivity index (χ4v) is 1.39. The van der Waals surface area contributed by atoms with Crippen LogP contribution in [0, 0.1) is 0 Å². The molecule has 84 valence electrons. The number of nitrogens with two attached hydrogens (primary N) is 1. The molecule has 1 rings (SSSR count). The molecule has 0 amide bonds. The first-order valence-corrected chi connectivity index (χ1v) is 5.30. The molecule has 3 heteroatoms. The average Bonchev–Trinajstić information content (AvgIpc) is 2.28. The van der Waals surface area contributed by atoms with E-state index in [1.54, 1.807) is 0 Å². The highest BCUT2D eigenvalue weighted by atomic mass is 19.1. The van der Waals surface area contributed by atoms with E-state index < -0.39 is 6.67 Å². The smallest absolute Gasteiger partial charge is 0.123 e. The van der Waals surface area contributed by atoms with Gasteiger partial charge in [-0.25, -0.2) is 4.39 Å². The van der Waals surface area contributed by atoms with E-state index >= 15 is 0 Å². The summed E-state index contributed by atoms with van der Waals surface area (Å²) in [4.78, 5) is 0.